The molecule has 6 nitrogen and oxygen atoms in total. The number of aromatic nitrogens is 2. The second-order valence-electron chi connectivity index (χ2n) is 4.66. The van der Waals surface area contributed by atoms with Crippen molar-refractivity contribution in [1.29, 1.82) is 0 Å². The molecule has 0 spiro atoms. The number of rotatable bonds is 2. The number of ether oxygens (including phenoxy) is 1. The highest BCUT2D eigenvalue weighted by atomic mass is 19.4. The van der Waals surface area contributed by atoms with E-state index >= 15 is 0 Å². The third kappa shape index (κ3) is 4.28. The summed E-state index contributed by atoms with van der Waals surface area (Å²) in [7, 11) is 0. The van der Waals surface area contributed by atoms with Gasteiger partial charge in [0.15, 0.2) is 5.96 Å². The molecule has 2 rings (SSSR count). The third-order valence-electron chi connectivity index (χ3n) is 2.94. The Morgan fingerprint density at radius 1 is 1.57 bits per heavy atom. The standard InChI is InChI=1S/C12H16F3N5O/c1-8-7-20(4-5-21-8)11(16)18-6-10-17-3-2-9(19-10)12(13,14)15/h2-3,8H,4-7H2,1H3,(H2,16,18). The van der Waals surface area contributed by atoms with Gasteiger partial charge in [-0.05, 0) is 13.0 Å². The highest BCUT2D eigenvalue weighted by Crippen LogP contribution is 2.26. The van der Waals surface area contributed by atoms with E-state index in [2.05, 4.69) is 15.0 Å². The smallest absolute Gasteiger partial charge is 0.375 e. The van der Waals surface area contributed by atoms with Gasteiger partial charge in [0.1, 0.15) is 18.1 Å². The lowest BCUT2D eigenvalue weighted by molar-refractivity contribution is -0.141. The van der Waals surface area contributed by atoms with Gasteiger partial charge in [-0.15, -0.1) is 0 Å². The molecule has 0 radical (unpaired) electrons. The fraction of sp³-hybridized carbons (Fsp3) is 0.583. The van der Waals surface area contributed by atoms with Crippen LogP contribution in [0.1, 0.15) is 18.4 Å². The topological polar surface area (TPSA) is 76.6 Å². The first-order chi connectivity index (χ1) is 9.86. The van der Waals surface area contributed by atoms with Crippen LogP contribution < -0.4 is 5.73 Å². The highest BCUT2D eigenvalue weighted by Gasteiger charge is 2.32. The van der Waals surface area contributed by atoms with Crippen LogP contribution in [0.25, 0.3) is 0 Å². The van der Waals surface area contributed by atoms with Gasteiger partial charge in [-0.2, -0.15) is 13.2 Å². The number of morpholine rings is 1. The van der Waals surface area contributed by atoms with E-state index in [4.69, 9.17) is 10.5 Å². The molecule has 0 aromatic carbocycles. The van der Waals surface area contributed by atoms with Crippen LogP contribution in [0.5, 0.6) is 0 Å². The van der Waals surface area contributed by atoms with Gasteiger partial charge < -0.3 is 15.4 Å². The Labute approximate surface area is 119 Å². The highest BCUT2D eigenvalue weighted by molar-refractivity contribution is 5.78. The number of guanidine groups is 1. The third-order valence-corrected chi connectivity index (χ3v) is 2.94. The lowest BCUT2D eigenvalue weighted by Gasteiger charge is -2.31. The summed E-state index contributed by atoms with van der Waals surface area (Å²) in [5, 5.41) is 0. The minimum absolute atomic E-state index is 0.0194. The van der Waals surface area contributed by atoms with Gasteiger partial charge in [-0.25, -0.2) is 15.0 Å². The molecule has 21 heavy (non-hydrogen) atoms. The minimum atomic E-state index is -4.49. The predicted octanol–water partition coefficient (Wildman–Crippen LogP) is 1.03. The molecule has 1 aromatic heterocycles. The molecule has 2 N–H and O–H groups in total. The Morgan fingerprint density at radius 3 is 3.00 bits per heavy atom. The van der Waals surface area contributed by atoms with E-state index in [1.165, 1.54) is 0 Å². The molecular formula is C12H16F3N5O. The summed E-state index contributed by atoms with van der Waals surface area (Å²) in [6, 6.07) is 0.820. The van der Waals surface area contributed by atoms with Crippen molar-refractivity contribution in [3.05, 3.63) is 23.8 Å². The molecule has 9 heteroatoms. The van der Waals surface area contributed by atoms with Crippen LogP contribution in [-0.4, -0.2) is 46.6 Å². The van der Waals surface area contributed by atoms with Crippen molar-refractivity contribution < 1.29 is 17.9 Å². The van der Waals surface area contributed by atoms with Crippen molar-refractivity contribution in [2.45, 2.75) is 25.7 Å². The average molecular weight is 303 g/mol. The zero-order chi connectivity index (χ0) is 15.5. The summed E-state index contributed by atoms with van der Waals surface area (Å²) in [5.41, 5.74) is 4.84. The molecular weight excluding hydrogens is 287 g/mol. The number of hydrogen-bond acceptors (Lipinski definition) is 4. The van der Waals surface area contributed by atoms with Gasteiger partial charge in [-0.1, -0.05) is 0 Å². The zero-order valence-electron chi connectivity index (χ0n) is 11.5. The molecule has 0 saturated carbocycles. The molecule has 1 saturated heterocycles. The number of nitrogens with zero attached hydrogens (tertiary/aromatic N) is 4. The summed E-state index contributed by atoms with van der Waals surface area (Å²) in [6.45, 7) is 3.55. The lowest BCUT2D eigenvalue weighted by Crippen LogP contribution is -2.47. The van der Waals surface area contributed by atoms with Crippen molar-refractivity contribution in [1.82, 2.24) is 14.9 Å². The van der Waals surface area contributed by atoms with E-state index in [1.54, 1.807) is 0 Å². The molecule has 1 aromatic rings. The van der Waals surface area contributed by atoms with Crippen LogP contribution in [0.3, 0.4) is 0 Å². The molecule has 0 aliphatic carbocycles. The monoisotopic (exact) mass is 303 g/mol. The summed E-state index contributed by atoms with van der Waals surface area (Å²) in [6.07, 6.45) is -3.39. The zero-order valence-corrected chi connectivity index (χ0v) is 11.5. The van der Waals surface area contributed by atoms with Crippen molar-refractivity contribution in [3.63, 3.8) is 0 Å². The SMILES string of the molecule is CC1CN(C(N)=NCc2nccc(C(F)(F)F)n2)CCO1. The minimum Gasteiger partial charge on any atom is -0.375 e. The summed E-state index contributed by atoms with van der Waals surface area (Å²) < 4.78 is 43.0. The van der Waals surface area contributed by atoms with E-state index < -0.39 is 11.9 Å². The fourth-order valence-corrected chi connectivity index (χ4v) is 1.91. The van der Waals surface area contributed by atoms with Gasteiger partial charge in [0.25, 0.3) is 0 Å². The molecule has 1 aliphatic rings. The van der Waals surface area contributed by atoms with E-state index in [0.717, 1.165) is 12.3 Å². The van der Waals surface area contributed by atoms with Crippen LogP contribution in [0.2, 0.25) is 0 Å². The summed E-state index contributed by atoms with van der Waals surface area (Å²) in [5.74, 6) is 0.236. The molecule has 0 bridgehead atoms. The van der Waals surface area contributed by atoms with Crippen molar-refractivity contribution >= 4 is 5.96 Å². The van der Waals surface area contributed by atoms with Crippen LogP contribution in [-0.2, 0) is 17.5 Å². The van der Waals surface area contributed by atoms with E-state index in [0.29, 0.717) is 19.7 Å². The van der Waals surface area contributed by atoms with Gasteiger partial charge in [0.2, 0.25) is 0 Å². The Hall–Kier alpha value is -1.90. The Bertz CT molecular complexity index is 520. The summed E-state index contributed by atoms with van der Waals surface area (Å²) in [4.78, 5) is 13.1. The maximum absolute atomic E-state index is 12.5. The molecule has 1 fully saturated rings. The van der Waals surface area contributed by atoms with Crippen LogP contribution >= 0.6 is 0 Å². The van der Waals surface area contributed by atoms with Crippen LogP contribution in [0, 0.1) is 0 Å². The Morgan fingerprint density at radius 2 is 2.33 bits per heavy atom. The number of nitrogens with two attached hydrogens (primary N) is 1. The van der Waals surface area contributed by atoms with E-state index in [1.807, 2.05) is 11.8 Å². The number of alkyl halides is 3. The van der Waals surface area contributed by atoms with Crippen molar-refractivity contribution in [3.8, 4) is 0 Å². The van der Waals surface area contributed by atoms with E-state index in [-0.39, 0.29) is 24.4 Å². The van der Waals surface area contributed by atoms with Gasteiger partial charge in [0, 0.05) is 19.3 Å². The first-order valence-corrected chi connectivity index (χ1v) is 6.42. The first kappa shape index (κ1) is 15.5. The van der Waals surface area contributed by atoms with Gasteiger partial charge >= 0.3 is 6.18 Å². The van der Waals surface area contributed by atoms with Crippen LogP contribution in [0.15, 0.2) is 17.3 Å². The van der Waals surface area contributed by atoms with Gasteiger partial charge in [-0.3, -0.25) is 0 Å². The normalized spacial score (nSPS) is 20.7. The first-order valence-electron chi connectivity index (χ1n) is 6.42. The second kappa shape index (κ2) is 6.25. The van der Waals surface area contributed by atoms with Crippen molar-refractivity contribution in [2.24, 2.45) is 10.7 Å². The van der Waals surface area contributed by atoms with Gasteiger partial charge in [0.05, 0.1) is 12.7 Å². The largest absolute Gasteiger partial charge is 0.433 e. The predicted molar refractivity (Wildman–Crippen MR) is 69.3 cm³/mol. The second-order valence-corrected chi connectivity index (χ2v) is 4.66. The Balaban J connectivity index is 2.03. The molecule has 116 valence electrons. The number of hydrogen-bond donors (Lipinski definition) is 1. The number of aliphatic imine (C=N–C) groups is 1. The summed E-state index contributed by atoms with van der Waals surface area (Å²) >= 11 is 0. The molecule has 1 aliphatic heterocycles. The number of halogens is 3. The molecule has 1 unspecified atom stereocenters. The lowest BCUT2D eigenvalue weighted by atomic mass is 10.3. The maximum atomic E-state index is 12.5. The van der Waals surface area contributed by atoms with Crippen molar-refractivity contribution in [2.75, 3.05) is 19.7 Å². The Kier molecular flexibility index (Phi) is 4.61. The molecule has 1 atom stereocenters. The van der Waals surface area contributed by atoms with E-state index in [9.17, 15) is 13.2 Å². The molecule has 0 amide bonds. The molecule has 2 heterocycles. The average Bonchev–Trinajstić information content (AvgIpc) is 2.44. The van der Waals surface area contributed by atoms with Crippen LogP contribution in [0.4, 0.5) is 13.2 Å². The quantitative estimate of drug-likeness (QED) is 0.652. The fourth-order valence-electron chi connectivity index (χ4n) is 1.91. The maximum Gasteiger partial charge on any atom is 0.433 e.